The zero-order valence-corrected chi connectivity index (χ0v) is 12.9. The molecule has 1 aliphatic rings. The lowest BCUT2D eigenvalue weighted by molar-refractivity contribution is 0.0958. The van der Waals surface area contributed by atoms with Crippen LogP contribution in [0.2, 0.25) is 0 Å². The van der Waals surface area contributed by atoms with E-state index in [2.05, 4.69) is 11.9 Å². The average Bonchev–Trinajstić information content (AvgIpc) is 2.45. The molecule has 0 unspecified atom stereocenters. The van der Waals surface area contributed by atoms with Crippen molar-refractivity contribution < 1.29 is 13.2 Å². The second-order valence-corrected chi connectivity index (χ2v) is 7.11. The molecule has 0 aromatic heterocycles. The van der Waals surface area contributed by atoms with Crippen molar-refractivity contribution in [2.45, 2.75) is 19.8 Å². The van der Waals surface area contributed by atoms with E-state index in [0.29, 0.717) is 30.8 Å². The molecule has 1 N–H and O–H groups in total. The smallest absolute Gasteiger partial charge is 0.251 e. The van der Waals surface area contributed by atoms with Gasteiger partial charge in [-0.1, -0.05) is 6.08 Å². The molecule has 0 bridgehead atoms. The summed E-state index contributed by atoms with van der Waals surface area (Å²) in [7, 11) is -3.23. The van der Waals surface area contributed by atoms with Crippen LogP contribution < -0.4 is 9.62 Å². The van der Waals surface area contributed by atoms with E-state index in [1.807, 2.05) is 6.92 Å². The highest BCUT2D eigenvalue weighted by atomic mass is 32.2. The van der Waals surface area contributed by atoms with E-state index in [1.54, 1.807) is 24.3 Å². The Morgan fingerprint density at radius 2 is 2.19 bits per heavy atom. The van der Waals surface area contributed by atoms with Gasteiger partial charge in [0.2, 0.25) is 10.0 Å². The van der Waals surface area contributed by atoms with Crippen LogP contribution in [0.15, 0.2) is 30.9 Å². The fourth-order valence-corrected chi connectivity index (χ4v) is 4.10. The van der Waals surface area contributed by atoms with Gasteiger partial charge in [0.1, 0.15) is 0 Å². The fourth-order valence-electron chi connectivity index (χ4n) is 2.40. The summed E-state index contributed by atoms with van der Waals surface area (Å²) in [6, 6.07) is 5.09. The Bertz CT molecular complexity index is 653. The van der Waals surface area contributed by atoms with Crippen LogP contribution in [0.5, 0.6) is 0 Å². The van der Waals surface area contributed by atoms with Crippen LogP contribution in [-0.2, 0) is 10.0 Å². The highest BCUT2D eigenvalue weighted by Gasteiger charge is 2.27. The summed E-state index contributed by atoms with van der Waals surface area (Å²) in [5.41, 5.74) is 1.97. The lowest BCUT2D eigenvalue weighted by Gasteiger charge is -2.29. The van der Waals surface area contributed by atoms with Crippen molar-refractivity contribution >= 4 is 21.6 Å². The first kappa shape index (κ1) is 15.6. The number of hydrogen-bond acceptors (Lipinski definition) is 3. The first-order valence-electron chi connectivity index (χ1n) is 6.96. The van der Waals surface area contributed by atoms with Gasteiger partial charge in [0.15, 0.2) is 0 Å². The molecule has 1 heterocycles. The van der Waals surface area contributed by atoms with Crippen LogP contribution in [0.4, 0.5) is 5.69 Å². The van der Waals surface area contributed by atoms with Crippen molar-refractivity contribution in [3.8, 4) is 0 Å². The zero-order valence-electron chi connectivity index (χ0n) is 12.1. The minimum atomic E-state index is -3.23. The monoisotopic (exact) mass is 308 g/mol. The minimum absolute atomic E-state index is 0.189. The molecule has 1 saturated heterocycles. The van der Waals surface area contributed by atoms with Crippen molar-refractivity contribution in [2.24, 2.45) is 0 Å². The minimum Gasteiger partial charge on any atom is -0.349 e. The second-order valence-electron chi connectivity index (χ2n) is 5.10. The molecule has 1 aliphatic heterocycles. The molecule has 1 fully saturated rings. The van der Waals surface area contributed by atoms with Gasteiger partial charge in [0.05, 0.1) is 11.4 Å². The first-order valence-corrected chi connectivity index (χ1v) is 8.57. The molecule has 0 saturated carbocycles. The standard InChI is InChI=1S/C15H20N2O3S/c1-3-8-16-15(18)13-6-7-14(12(2)11-13)17-9-4-5-10-21(17,19)20/h3,6-7,11H,1,4-5,8-10H2,2H3,(H,16,18). The van der Waals surface area contributed by atoms with Gasteiger partial charge in [0, 0.05) is 18.7 Å². The van der Waals surface area contributed by atoms with E-state index < -0.39 is 10.0 Å². The van der Waals surface area contributed by atoms with E-state index in [1.165, 1.54) is 4.31 Å². The van der Waals surface area contributed by atoms with Crippen LogP contribution in [0.1, 0.15) is 28.8 Å². The molecule has 0 aliphatic carbocycles. The quantitative estimate of drug-likeness (QED) is 0.863. The molecule has 1 amide bonds. The molecule has 21 heavy (non-hydrogen) atoms. The van der Waals surface area contributed by atoms with Gasteiger partial charge < -0.3 is 5.32 Å². The molecule has 0 radical (unpaired) electrons. The van der Waals surface area contributed by atoms with E-state index >= 15 is 0 Å². The summed E-state index contributed by atoms with van der Waals surface area (Å²) in [5, 5.41) is 2.70. The third-order valence-electron chi connectivity index (χ3n) is 3.48. The highest BCUT2D eigenvalue weighted by Crippen LogP contribution is 2.27. The van der Waals surface area contributed by atoms with E-state index in [0.717, 1.165) is 12.0 Å². The number of carbonyl (C=O) groups excluding carboxylic acids is 1. The third kappa shape index (κ3) is 3.44. The topological polar surface area (TPSA) is 66.5 Å². The summed E-state index contributed by atoms with van der Waals surface area (Å²) in [6.45, 7) is 6.28. The molecule has 114 valence electrons. The summed E-state index contributed by atoms with van der Waals surface area (Å²) in [6.07, 6.45) is 3.18. The maximum absolute atomic E-state index is 12.1. The van der Waals surface area contributed by atoms with Gasteiger partial charge in [0.25, 0.3) is 5.91 Å². The van der Waals surface area contributed by atoms with Gasteiger partial charge >= 0.3 is 0 Å². The predicted octanol–water partition coefficient (Wildman–Crippen LogP) is 1.84. The van der Waals surface area contributed by atoms with Crippen molar-refractivity contribution in [2.75, 3.05) is 23.1 Å². The molecule has 5 nitrogen and oxygen atoms in total. The number of aryl methyl sites for hydroxylation is 1. The van der Waals surface area contributed by atoms with Crippen LogP contribution in [0, 0.1) is 6.92 Å². The van der Waals surface area contributed by atoms with Crippen LogP contribution in [-0.4, -0.2) is 33.2 Å². The molecule has 1 aromatic rings. The number of nitrogens with zero attached hydrogens (tertiary/aromatic N) is 1. The number of benzene rings is 1. The van der Waals surface area contributed by atoms with Crippen LogP contribution in [0.25, 0.3) is 0 Å². The molecule has 0 atom stereocenters. The summed E-state index contributed by atoms with van der Waals surface area (Å²) in [4.78, 5) is 11.9. The second kappa shape index (κ2) is 6.30. The summed E-state index contributed by atoms with van der Waals surface area (Å²) in [5.74, 6) is -0.000337. The number of sulfonamides is 1. The zero-order chi connectivity index (χ0) is 15.5. The molecular formula is C15H20N2O3S. The largest absolute Gasteiger partial charge is 0.349 e. The molecule has 2 rings (SSSR count). The van der Waals surface area contributed by atoms with Gasteiger partial charge in [-0.25, -0.2) is 8.42 Å². The fraction of sp³-hybridized carbons (Fsp3) is 0.400. The maximum atomic E-state index is 12.1. The first-order chi connectivity index (χ1) is 9.95. The number of carbonyl (C=O) groups is 1. The highest BCUT2D eigenvalue weighted by molar-refractivity contribution is 7.92. The summed E-state index contributed by atoms with van der Waals surface area (Å²) >= 11 is 0. The van der Waals surface area contributed by atoms with Gasteiger partial charge in [-0.2, -0.15) is 0 Å². The van der Waals surface area contributed by atoms with Crippen molar-refractivity contribution in [3.05, 3.63) is 42.0 Å². The van der Waals surface area contributed by atoms with Crippen LogP contribution >= 0.6 is 0 Å². The van der Waals surface area contributed by atoms with E-state index in [9.17, 15) is 13.2 Å². The van der Waals surface area contributed by atoms with Gasteiger partial charge in [-0.15, -0.1) is 6.58 Å². The number of rotatable bonds is 4. The number of hydrogen-bond donors (Lipinski definition) is 1. The average molecular weight is 308 g/mol. The maximum Gasteiger partial charge on any atom is 0.251 e. The lowest BCUT2D eigenvalue weighted by Crippen LogP contribution is -2.38. The lowest BCUT2D eigenvalue weighted by atomic mass is 10.1. The Morgan fingerprint density at radius 3 is 2.81 bits per heavy atom. The summed E-state index contributed by atoms with van der Waals surface area (Å²) < 4.78 is 25.7. The normalized spacial score (nSPS) is 17.3. The SMILES string of the molecule is C=CCNC(=O)c1ccc(N2CCCCS2(=O)=O)c(C)c1. The number of nitrogens with one attached hydrogen (secondary N) is 1. The third-order valence-corrected chi connectivity index (χ3v) is 5.34. The Labute approximate surface area is 125 Å². The van der Waals surface area contributed by atoms with Gasteiger partial charge in [-0.05, 0) is 43.5 Å². The Morgan fingerprint density at radius 1 is 1.43 bits per heavy atom. The Hall–Kier alpha value is -1.82. The molecule has 0 spiro atoms. The molecular weight excluding hydrogens is 288 g/mol. The van der Waals surface area contributed by atoms with Crippen molar-refractivity contribution in [3.63, 3.8) is 0 Å². The van der Waals surface area contributed by atoms with E-state index in [-0.39, 0.29) is 11.7 Å². The Kier molecular flexibility index (Phi) is 4.67. The number of anilines is 1. The number of amides is 1. The van der Waals surface area contributed by atoms with Crippen molar-refractivity contribution in [1.29, 1.82) is 0 Å². The van der Waals surface area contributed by atoms with Crippen molar-refractivity contribution in [1.82, 2.24) is 5.32 Å². The Balaban J connectivity index is 2.27. The van der Waals surface area contributed by atoms with Gasteiger partial charge in [-0.3, -0.25) is 9.10 Å². The predicted molar refractivity (Wildman–Crippen MR) is 84.1 cm³/mol. The van der Waals surface area contributed by atoms with Crippen LogP contribution in [0.3, 0.4) is 0 Å². The molecule has 6 heteroatoms. The molecule has 1 aromatic carbocycles. The van der Waals surface area contributed by atoms with E-state index in [4.69, 9.17) is 0 Å².